The predicted molar refractivity (Wildman–Crippen MR) is 132 cm³/mol. The van der Waals surface area contributed by atoms with Gasteiger partial charge in [0.25, 0.3) is 0 Å². The van der Waals surface area contributed by atoms with Crippen LogP contribution >= 0.6 is 0 Å². The number of sulfonamides is 2. The molecule has 2 saturated heterocycles. The molecule has 0 bridgehead atoms. The van der Waals surface area contributed by atoms with E-state index in [4.69, 9.17) is 0 Å². The first kappa shape index (κ1) is 23.4. The molecule has 1 unspecified atom stereocenters. The lowest BCUT2D eigenvalue weighted by atomic mass is 10.1. The van der Waals surface area contributed by atoms with Crippen molar-refractivity contribution in [2.45, 2.75) is 18.9 Å². The van der Waals surface area contributed by atoms with Crippen molar-refractivity contribution in [3.8, 4) is 0 Å². The number of piperazine rings is 1. The average molecular weight is 508 g/mol. The Bertz CT molecular complexity index is 1400. The van der Waals surface area contributed by atoms with Gasteiger partial charge in [0.05, 0.1) is 18.0 Å². The summed E-state index contributed by atoms with van der Waals surface area (Å²) in [5, 5.41) is 2.07. The molecule has 2 N–H and O–H groups in total. The Balaban J connectivity index is 1.26. The van der Waals surface area contributed by atoms with E-state index in [-0.39, 0.29) is 18.5 Å². The fourth-order valence-corrected chi connectivity index (χ4v) is 7.42. The van der Waals surface area contributed by atoms with Crippen molar-refractivity contribution in [1.82, 2.24) is 28.9 Å². The second-order valence-electron chi connectivity index (χ2n) is 9.03. The van der Waals surface area contributed by atoms with Crippen LogP contribution in [-0.2, 0) is 20.0 Å². The second kappa shape index (κ2) is 9.04. The number of pyridine rings is 2. The number of aromatic nitrogens is 3. The number of fused-ring (bicyclic) bond motifs is 3. The summed E-state index contributed by atoms with van der Waals surface area (Å²) in [6.07, 6.45) is 7.83. The molecule has 184 valence electrons. The van der Waals surface area contributed by atoms with Crippen LogP contribution in [0, 0.1) is 0 Å². The van der Waals surface area contributed by atoms with Crippen LogP contribution in [0.15, 0.2) is 30.7 Å². The summed E-state index contributed by atoms with van der Waals surface area (Å²) < 4.78 is 53.3. The third-order valence-electron chi connectivity index (χ3n) is 6.49. The third-order valence-corrected chi connectivity index (χ3v) is 9.06. The van der Waals surface area contributed by atoms with E-state index in [0.29, 0.717) is 51.2 Å². The topological polar surface area (TPSA) is 132 Å². The van der Waals surface area contributed by atoms with Crippen molar-refractivity contribution in [2.75, 3.05) is 56.3 Å². The van der Waals surface area contributed by atoms with Gasteiger partial charge < -0.3 is 9.88 Å². The van der Waals surface area contributed by atoms with Gasteiger partial charge in [-0.15, -0.1) is 0 Å². The van der Waals surface area contributed by atoms with Crippen LogP contribution in [0.25, 0.3) is 21.9 Å². The smallest absolute Gasteiger partial charge is 0.227 e. The van der Waals surface area contributed by atoms with Gasteiger partial charge in [-0.2, -0.15) is 4.31 Å². The van der Waals surface area contributed by atoms with E-state index in [9.17, 15) is 16.8 Å². The number of aromatic amines is 1. The number of H-pyrrole nitrogens is 1. The first-order chi connectivity index (χ1) is 16.2. The van der Waals surface area contributed by atoms with E-state index in [1.165, 1.54) is 4.31 Å². The molecule has 2 aliphatic rings. The van der Waals surface area contributed by atoms with E-state index in [1.54, 1.807) is 12.4 Å². The maximum atomic E-state index is 13.1. The molecule has 0 saturated carbocycles. The van der Waals surface area contributed by atoms with Crippen molar-refractivity contribution < 1.29 is 16.8 Å². The molecule has 3 aromatic heterocycles. The minimum absolute atomic E-state index is 0.0588. The molecule has 0 amide bonds. The Morgan fingerprint density at radius 1 is 1.09 bits per heavy atom. The zero-order valence-electron chi connectivity index (χ0n) is 19.0. The molecule has 0 aliphatic carbocycles. The fourth-order valence-electron chi connectivity index (χ4n) is 4.93. The highest BCUT2D eigenvalue weighted by Crippen LogP contribution is 2.31. The normalized spacial score (nSPS) is 21.4. The number of anilines is 1. The first-order valence-corrected chi connectivity index (χ1v) is 14.8. The zero-order valence-corrected chi connectivity index (χ0v) is 20.6. The average Bonchev–Trinajstić information content (AvgIpc) is 3.27. The predicted octanol–water partition coefficient (Wildman–Crippen LogP) is 0.534. The molecule has 0 aromatic carbocycles. The fraction of sp³-hybridized carbons (Fsp3) is 0.524. The van der Waals surface area contributed by atoms with E-state index < -0.39 is 20.0 Å². The Hall–Kier alpha value is -2.32. The molecule has 1 atom stereocenters. The summed E-state index contributed by atoms with van der Waals surface area (Å²) >= 11 is 0. The maximum Gasteiger partial charge on any atom is 0.227 e. The molecule has 0 radical (unpaired) electrons. The minimum Gasteiger partial charge on any atom is -0.368 e. The van der Waals surface area contributed by atoms with Crippen molar-refractivity contribution in [3.63, 3.8) is 0 Å². The number of piperidine rings is 1. The Morgan fingerprint density at radius 3 is 2.65 bits per heavy atom. The molecule has 2 aliphatic heterocycles. The Morgan fingerprint density at radius 2 is 1.88 bits per heavy atom. The van der Waals surface area contributed by atoms with Crippen molar-refractivity contribution >= 4 is 47.7 Å². The first-order valence-electron chi connectivity index (χ1n) is 11.3. The SMILES string of the molecule is CS(=O)(=O)NC1CCCN(S(=O)(=O)CN2CCN(c3cc[nH]c4cnc5nccc5c34)CC2)C1. The van der Waals surface area contributed by atoms with Gasteiger partial charge >= 0.3 is 0 Å². The lowest BCUT2D eigenvalue weighted by Gasteiger charge is -2.38. The van der Waals surface area contributed by atoms with Crippen LogP contribution < -0.4 is 9.62 Å². The molecule has 34 heavy (non-hydrogen) atoms. The van der Waals surface area contributed by atoms with Gasteiger partial charge in [0.2, 0.25) is 20.0 Å². The molecular formula is C21H29N7O4S2. The van der Waals surface area contributed by atoms with Gasteiger partial charge in [-0.1, -0.05) is 0 Å². The Labute approximate surface area is 199 Å². The molecule has 5 rings (SSSR count). The van der Waals surface area contributed by atoms with Crippen LogP contribution in [0.2, 0.25) is 0 Å². The number of hydrogen-bond donors (Lipinski definition) is 2. The molecule has 13 heteroatoms. The van der Waals surface area contributed by atoms with Crippen LogP contribution in [0.5, 0.6) is 0 Å². The van der Waals surface area contributed by atoms with Gasteiger partial charge in [-0.05, 0) is 25.0 Å². The van der Waals surface area contributed by atoms with Gasteiger partial charge in [-0.25, -0.2) is 31.5 Å². The summed E-state index contributed by atoms with van der Waals surface area (Å²) in [5.41, 5.74) is 2.73. The van der Waals surface area contributed by atoms with Crippen molar-refractivity contribution in [3.05, 3.63) is 30.7 Å². The highest BCUT2D eigenvalue weighted by atomic mass is 32.2. The molecule has 0 spiro atoms. The summed E-state index contributed by atoms with van der Waals surface area (Å²) in [7, 11) is -6.90. The van der Waals surface area contributed by atoms with Gasteiger partial charge in [0, 0.05) is 74.2 Å². The molecular weight excluding hydrogens is 478 g/mol. The summed E-state index contributed by atoms with van der Waals surface area (Å²) in [5.74, 6) is -0.0588. The van der Waals surface area contributed by atoms with E-state index in [0.717, 1.165) is 28.2 Å². The summed E-state index contributed by atoms with van der Waals surface area (Å²) in [6.45, 7) is 3.24. The van der Waals surface area contributed by atoms with Crippen LogP contribution in [0.3, 0.4) is 0 Å². The lowest BCUT2D eigenvalue weighted by Crippen LogP contribution is -2.53. The summed E-state index contributed by atoms with van der Waals surface area (Å²) in [4.78, 5) is 16.2. The monoisotopic (exact) mass is 507 g/mol. The number of nitrogens with one attached hydrogen (secondary N) is 2. The maximum absolute atomic E-state index is 13.1. The van der Waals surface area contributed by atoms with Gasteiger partial charge in [0.1, 0.15) is 5.88 Å². The van der Waals surface area contributed by atoms with Crippen LogP contribution in [-0.4, -0.2) is 98.4 Å². The zero-order chi connectivity index (χ0) is 23.9. The quantitative estimate of drug-likeness (QED) is 0.494. The van der Waals surface area contributed by atoms with Crippen molar-refractivity contribution in [2.24, 2.45) is 0 Å². The highest BCUT2D eigenvalue weighted by molar-refractivity contribution is 7.89. The van der Waals surface area contributed by atoms with E-state index in [1.807, 2.05) is 23.2 Å². The molecule has 2 fully saturated rings. The van der Waals surface area contributed by atoms with Gasteiger partial charge in [0.15, 0.2) is 5.65 Å². The largest absolute Gasteiger partial charge is 0.368 e. The lowest BCUT2D eigenvalue weighted by molar-refractivity contribution is 0.268. The van der Waals surface area contributed by atoms with E-state index >= 15 is 0 Å². The van der Waals surface area contributed by atoms with E-state index in [2.05, 4.69) is 24.6 Å². The van der Waals surface area contributed by atoms with Crippen molar-refractivity contribution in [1.29, 1.82) is 0 Å². The number of nitrogens with zero attached hydrogens (tertiary/aromatic N) is 5. The third kappa shape index (κ3) is 4.89. The molecule has 11 nitrogen and oxygen atoms in total. The van der Waals surface area contributed by atoms with Crippen LogP contribution in [0.1, 0.15) is 12.8 Å². The molecule has 5 heterocycles. The Kier molecular flexibility index (Phi) is 6.23. The summed E-state index contributed by atoms with van der Waals surface area (Å²) in [6, 6.07) is 3.63. The van der Waals surface area contributed by atoms with Gasteiger partial charge in [-0.3, -0.25) is 4.90 Å². The van der Waals surface area contributed by atoms with Crippen LogP contribution in [0.4, 0.5) is 5.69 Å². The molecule has 3 aromatic rings. The number of hydrogen-bond acceptors (Lipinski definition) is 8. The standard InChI is InChI=1S/C21H29N7O4S2/c1-33(29,30)25-16-3-2-8-28(14-16)34(31,32)15-26-9-11-27(12-10-26)19-5-7-22-18-13-24-21-17(20(18)19)4-6-23-21/h4-7,13,16,22,25H,2-3,8-12,14-15H2,1H3. The number of rotatable bonds is 6. The highest BCUT2D eigenvalue weighted by Gasteiger charge is 2.32. The minimum atomic E-state index is -3.53. The second-order valence-corrected chi connectivity index (χ2v) is 12.7.